The van der Waals surface area contributed by atoms with Crippen LogP contribution in [0.2, 0.25) is 0 Å². The van der Waals surface area contributed by atoms with Crippen molar-refractivity contribution in [3.8, 4) is 0 Å². The number of hydrogen-bond acceptors (Lipinski definition) is 3. The van der Waals surface area contributed by atoms with Crippen molar-refractivity contribution in [3.63, 3.8) is 0 Å². The summed E-state index contributed by atoms with van der Waals surface area (Å²) in [5.41, 5.74) is 1.68. The molecule has 0 heterocycles. The number of rotatable bonds is 7. The molecule has 2 aromatic rings. The third-order valence-electron chi connectivity index (χ3n) is 4.00. The van der Waals surface area contributed by atoms with E-state index in [1.54, 1.807) is 50.2 Å². The Morgan fingerprint density at radius 2 is 1.60 bits per heavy atom. The van der Waals surface area contributed by atoms with Crippen molar-refractivity contribution in [2.24, 2.45) is 5.92 Å². The molecule has 25 heavy (non-hydrogen) atoms. The minimum absolute atomic E-state index is 0.00615. The second-order valence-corrected chi connectivity index (χ2v) is 8.27. The average molecular weight is 361 g/mol. The van der Waals surface area contributed by atoms with E-state index in [-0.39, 0.29) is 17.4 Å². The fourth-order valence-corrected chi connectivity index (χ4v) is 4.39. The SMILES string of the molecule is Cc1ccc(S(=O)(=O)N(Cc2ccccc2)[C@H](C(=O)O)C(C)C)cc1. The Bertz CT molecular complexity index is 814. The van der Waals surface area contributed by atoms with Gasteiger partial charge in [0.2, 0.25) is 10.0 Å². The molecule has 2 aromatic carbocycles. The van der Waals surface area contributed by atoms with Crippen LogP contribution in [0.1, 0.15) is 25.0 Å². The van der Waals surface area contributed by atoms with E-state index >= 15 is 0 Å². The maximum absolute atomic E-state index is 13.2. The van der Waals surface area contributed by atoms with E-state index in [9.17, 15) is 18.3 Å². The Hall–Kier alpha value is -2.18. The highest BCUT2D eigenvalue weighted by Gasteiger charge is 2.37. The van der Waals surface area contributed by atoms with E-state index in [1.807, 2.05) is 13.0 Å². The first-order chi connectivity index (χ1) is 11.7. The van der Waals surface area contributed by atoms with Crippen LogP contribution < -0.4 is 0 Å². The van der Waals surface area contributed by atoms with Gasteiger partial charge >= 0.3 is 5.97 Å². The molecule has 0 spiro atoms. The van der Waals surface area contributed by atoms with Gasteiger partial charge in [-0.2, -0.15) is 4.31 Å². The summed E-state index contributed by atoms with van der Waals surface area (Å²) in [7, 11) is -3.95. The summed E-state index contributed by atoms with van der Waals surface area (Å²) in [5, 5.41) is 9.64. The van der Waals surface area contributed by atoms with E-state index in [2.05, 4.69) is 0 Å². The first-order valence-corrected chi connectivity index (χ1v) is 9.52. The highest BCUT2D eigenvalue weighted by molar-refractivity contribution is 7.89. The summed E-state index contributed by atoms with van der Waals surface area (Å²) < 4.78 is 27.4. The maximum Gasteiger partial charge on any atom is 0.322 e. The Morgan fingerprint density at radius 3 is 2.08 bits per heavy atom. The van der Waals surface area contributed by atoms with Crippen molar-refractivity contribution in [2.75, 3.05) is 0 Å². The van der Waals surface area contributed by atoms with Gasteiger partial charge in [0.15, 0.2) is 0 Å². The summed E-state index contributed by atoms with van der Waals surface area (Å²) in [6.07, 6.45) is 0. The Labute approximate surface area is 149 Å². The fraction of sp³-hybridized carbons (Fsp3) is 0.316. The lowest BCUT2D eigenvalue weighted by molar-refractivity contribution is -0.143. The number of sulfonamides is 1. The van der Waals surface area contributed by atoms with Crippen LogP contribution in [0.25, 0.3) is 0 Å². The van der Waals surface area contributed by atoms with Gasteiger partial charge < -0.3 is 5.11 Å². The van der Waals surface area contributed by atoms with E-state index in [4.69, 9.17) is 0 Å². The zero-order valence-corrected chi connectivity index (χ0v) is 15.4. The number of hydrogen-bond donors (Lipinski definition) is 1. The number of nitrogens with zero attached hydrogens (tertiary/aromatic N) is 1. The van der Waals surface area contributed by atoms with Crippen LogP contribution >= 0.6 is 0 Å². The number of aryl methyl sites for hydroxylation is 1. The lowest BCUT2D eigenvalue weighted by Crippen LogP contribution is -2.47. The molecule has 0 fully saturated rings. The Kier molecular flexibility index (Phi) is 5.98. The largest absolute Gasteiger partial charge is 0.480 e. The van der Waals surface area contributed by atoms with Gasteiger partial charge in [-0.3, -0.25) is 4.79 Å². The molecule has 1 N–H and O–H groups in total. The van der Waals surface area contributed by atoms with Crippen molar-refractivity contribution < 1.29 is 18.3 Å². The Balaban J connectivity index is 2.52. The van der Waals surface area contributed by atoms with Crippen molar-refractivity contribution >= 4 is 16.0 Å². The van der Waals surface area contributed by atoms with Crippen LogP contribution in [0.5, 0.6) is 0 Å². The lowest BCUT2D eigenvalue weighted by Gasteiger charge is -2.30. The quantitative estimate of drug-likeness (QED) is 0.821. The highest BCUT2D eigenvalue weighted by Crippen LogP contribution is 2.25. The molecule has 1 atom stereocenters. The number of carboxylic acids is 1. The zero-order chi connectivity index (χ0) is 18.6. The van der Waals surface area contributed by atoms with Gasteiger partial charge in [-0.25, -0.2) is 8.42 Å². The van der Waals surface area contributed by atoms with Gasteiger partial charge in [0.25, 0.3) is 0 Å². The predicted molar refractivity (Wildman–Crippen MR) is 96.6 cm³/mol. The standard InChI is InChI=1S/C19H23NO4S/c1-14(2)18(19(21)22)20(13-16-7-5-4-6-8-16)25(23,24)17-11-9-15(3)10-12-17/h4-12,14,18H,13H2,1-3H3,(H,21,22)/t18-/m0/s1. The lowest BCUT2D eigenvalue weighted by atomic mass is 10.0. The molecule has 0 saturated heterocycles. The van der Waals surface area contributed by atoms with Crippen LogP contribution in [-0.2, 0) is 21.4 Å². The molecule has 0 saturated carbocycles. The average Bonchev–Trinajstić information content (AvgIpc) is 2.55. The van der Waals surface area contributed by atoms with Crippen LogP contribution in [-0.4, -0.2) is 29.8 Å². The van der Waals surface area contributed by atoms with Crippen molar-refractivity contribution in [1.29, 1.82) is 0 Å². The predicted octanol–water partition coefficient (Wildman–Crippen LogP) is 3.30. The van der Waals surface area contributed by atoms with E-state index < -0.39 is 22.0 Å². The molecule has 0 aliphatic carbocycles. The number of aliphatic carboxylic acids is 1. The second-order valence-electron chi connectivity index (χ2n) is 6.38. The smallest absolute Gasteiger partial charge is 0.322 e. The summed E-state index contributed by atoms with van der Waals surface area (Å²) >= 11 is 0. The van der Waals surface area contributed by atoms with Crippen LogP contribution in [0, 0.1) is 12.8 Å². The molecular formula is C19H23NO4S. The van der Waals surface area contributed by atoms with E-state index in [1.165, 1.54) is 12.1 Å². The molecular weight excluding hydrogens is 338 g/mol. The van der Waals surface area contributed by atoms with Crippen LogP contribution in [0.4, 0.5) is 0 Å². The maximum atomic E-state index is 13.2. The molecule has 0 aliphatic rings. The van der Waals surface area contributed by atoms with Gasteiger partial charge in [0.05, 0.1) is 4.90 Å². The number of carbonyl (C=O) groups is 1. The van der Waals surface area contributed by atoms with E-state index in [0.29, 0.717) is 0 Å². The van der Waals surface area contributed by atoms with Crippen molar-refractivity contribution in [2.45, 2.75) is 38.3 Å². The number of benzene rings is 2. The van der Waals surface area contributed by atoms with E-state index in [0.717, 1.165) is 15.4 Å². The van der Waals surface area contributed by atoms with Crippen molar-refractivity contribution in [3.05, 3.63) is 65.7 Å². The van der Waals surface area contributed by atoms with Gasteiger partial charge in [0, 0.05) is 6.54 Å². The highest BCUT2D eigenvalue weighted by atomic mass is 32.2. The minimum atomic E-state index is -3.95. The van der Waals surface area contributed by atoms with Crippen LogP contribution in [0.3, 0.4) is 0 Å². The monoisotopic (exact) mass is 361 g/mol. The molecule has 6 heteroatoms. The molecule has 0 unspecified atom stereocenters. The van der Waals surface area contributed by atoms with Gasteiger partial charge in [0.1, 0.15) is 6.04 Å². The van der Waals surface area contributed by atoms with Crippen molar-refractivity contribution in [1.82, 2.24) is 4.31 Å². The summed E-state index contributed by atoms with van der Waals surface area (Å²) in [5.74, 6) is -1.52. The first-order valence-electron chi connectivity index (χ1n) is 8.08. The summed E-state index contributed by atoms with van der Waals surface area (Å²) in [6, 6.07) is 14.3. The normalized spacial score (nSPS) is 13.2. The molecule has 0 aromatic heterocycles. The van der Waals surface area contributed by atoms with Crippen LogP contribution in [0.15, 0.2) is 59.5 Å². The fourth-order valence-electron chi connectivity index (χ4n) is 2.68. The molecule has 0 radical (unpaired) electrons. The molecule has 0 amide bonds. The topological polar surface area (TPSA) is 74.7 Å². The molecule has 0 bridgehead atoms. The molecule has 2 rings (SSSR count). The summed E-state index contributed by atoms with van der Waals surface area (Å²) in [6.45, 7) is 5.29. The minimum Gasteiger partial charge on any atom is -0.480 e. The zero-order valence-electron chi connectivity index (χ0n) is 14.6. The molecule has 134 valence electrons. The van der Waals surface area contributed by atoms with Gasteiger partial charge in [-0.1, -0.05) is 61.9 Å². The molecule has 5 nitrogen and oxygen atoms in total. The molecule has 0 aliphatic heterocycles. The number of carboxylic acid groups (broad SMARTS) is 1. The van der Waals surface area contributed by atoms with Gasteiger partial charge in [-0.05, 0) is 30.5 Å². The summed E-state index contributed by atoms with van der Waals surface area (Å²) in [4.78, 5) is 11.9. The Morgan fingerprint density at radius 1 is 1.04 bits per heavy atom. The second kappa shape index (κ2) is 7.80. The van der Waals surface area contributed by atoms with Gasteiger partial charge in [-0.15, -0.1) is 0 Å². The first kappa shape index (κ1) is 19.1. The third kappa shape index (κ3) is 4.46. The third-order valence-corrected chi connectivity index (χ3v) is 5.85.